The zero-order valence-electron chi connectivity index (χ0n) is 12.9. The van der Waals surface area contributed by atoms with Crippen LogP contribution in [0.2, 0.25) is 5.02 Å². The summed E-state index contributed by atoms with van der Waals surface area (Å²) >= 11 is 5.79. The Hall–Kier alpha value is -2.06. The summed E-state index contributed by atoms with van der Waals surface area (Å²) in [5.74, 6) is -3.95. The fourth-order valence-corrected chi connectivity index (χ4v) is 3.60. The van der Waals surface area contributed by atoms with Crippen LogP contribution in [0.3, 0.4) is 0 Å². The third-order valence-electron chi connectivity index (χ3n) is 3.47. The topological polar surface area (TPSA) is 63.2 Å². The molecule has 1 N–H and O–H groups in total. The van der Waals surface area contributed by atoms with Crippen molar-refractivity contribution in [1.82, 2.24) is 0 Å². The first kappa shape index (κ1) is 19.3. The Morgan fingerprint density at radius 2 is 1.72 bits per heavy atom. The third kappa shape index (κ3) is 4.73. The molecule has 0 aliphatic rings. The van der Waals surface area contributed by atoms with E-state index in [2.05, 4.69) is 0 Å². The Morgan fingerprint density at radius 3 is 2.36 bits per heavy atom. The van der Waals surface area contributed by atoms with Gasteiger partial charge in [-0.05, 0) is 36.8 Å². The van der Waals surface area contributed by atoms with Gasteiger partial charge in [0, 0.05) is 11.1 Å². The molecule has 4 nitrogen and oxygen atoms in total. The van der Waals surface area contributed by atoms with Gasteiger partial charge in [-0.25, -0.2) is 21.6 Å². The van der Waals surface area contributed by atoms with Gasteiger partial charge in [-0.15, -0.1) is 0 Å². The second kappa shape index (κ2) is 7.45. The van der Waals surface area contributed by atoms with Crippen molar-refractivity contribution in [2.45, 2.75) is 17.9 Å². The molecule has 1 amide bonds. The summed E-state index contributed by atoms with van der Waals surface area (Å²) in [7, 11) is -4.03. The highest BCUT2D eigenvalue weighted by atomic mass is 35.5. The van der Waals surface area contributed by atoms with Crippen molar-refractivity contribution in [2.24, 2.45) is 0 Å². The monoisotopic (exact) mass is 391 g/mol. The third-order valence-corrected chi connectivity index (χ3v) is 5.82. The summed E-state index contributed by atoms with van der Waals surface area (Å²) in [6.07, 6.45) is 0. The Labute approximate surface area is 147 Å². The summed E-state index contributed by atoms with van der Waals surface area (Å²) in [6, 6.07) is 5.61. The minimum Gasteiger partial charge on any atom is -0.322 e. The maximum Gasteiger partial charge on any atom is 0.242 e. The molecule has 0 saturated heterocycles. The summed E-state index contributed by atoms with van der Waals surface area (Å²) < 4.78 is 64.4. The fourth-order valence-electron chi connectivity index (χ4n) is 1.97. The van der Waals surface area contributed by atoms with E-state index in [1.54, 1.807) is 0 Å². The molecule has 2 aromatic carbocycles. The van der Waals surface area contributed by atoms with Gasteiger partial charge in [0.15, 0.2) is 9.84 Å². The molecule has 1 unspecified atom stereocenters. The zero-order valence-corrected chi connectivity index (χ0v) is 14.5. The van der Waals surface area contributed by atoms with Crippen LogP contribution < -0.4 is 5.32 Å². The molecule has 0 aliphatic carbocycles. The number of halogens is 4. The predicted molar refractivity (Wildman–Crippen MR) is 88.5 cm³/mol. The summed E-state index contributed by atoms with van der Waals surface area (Å²) in [4.78, 5) is 12.1. The number of hydrogen-bond acceptors (Lipinski definition) is 3. The zero-order chi connectivity index (χ0) is 18.8. The van der Waals surface area contributed by atoms with Crippen LogP contribution in [0.15, 0.2) is 36.4 Å². The van der Waals surface area contributed by atoms with Crippen molar-refractivity contribution in [3.05, 3.63) is 64.4 Å². The van der Waals surface area contributed by atoms with Crippen LogP contribution in [0.25, 0.3) is 0 Å². The Balaban J connectivity index is 2.18. The van der Waals surface area contributed by atoms with Gasteiger partial charge in [-0.2, -0.15) is 0 Å². The number of sulfone groups is 1. The van der Waals surface area contributed by atoms with Crippen LogP contribution in [-0.4, -0.2) is 19.6 Å². The van der Waals surface area contributed by atoms with Gasteiger partial charge in [0.2, 0.25) is 5.91 Å². The lowest BCUT2D eigenvalue weighted by Gasteiger charge is -2.14. The highest BCUT2D eigenvalue weighted by Gasteiger charge is 2.29. The molecule has 0 bridgehead atoms. The number of hydrogen-bond donors (Lipinski definition) is 1. The van der Waals surface area contributed by atoms with Gasteiger partial charge in [0.05, 0.1) is 11.4 Å². The highest BCUT2D eigenvalue weighted by molar-refractivity contribution is 7.92. The van der Waals surface area contributed by atoms with Crippen LogP contribution in [0.4, 0.5) is 18.9 Å². The summed E-state index contributed by atoms with van der Waals surface area (Å²) in [6.45, 7) is 1.11. The molecular formula is C16H13ClF3NO3S. The van der Waals surface area contributed by atoms with E-state index < -0.39 is 49.9 Å². The molecule has 0 aliphatic heterocycles. The summed E-state index contributed by atoms with van der Waals surface area (Å²) in [5, 5.41) is 0.391. The van der Waals surface area contributed by atoms with Gasteiger partial charge in [-0.1, -0.05) is 17.7 Å². The highest BCUT2D eigenvalue weighted by Crippen LogP contribution is 2.22. The Kier molecular flexibility index (Phi) is 5.74. The first-order chi connectivity index (χ1) is 11.6. The number of carbonyl (C=O) groups excluding carboxylic acids is 1. The van der Waals surface area contributed by atoms with Crippen LogP contribution >= 0.6 is 11.6 Å². The standard InChI is InChI=1S/C16H13ClF3NO3S/c1-9(16(22)21-15-7-12(19)4-5-14(15)20)25(23,24)8-10-2-3-11(18)6-13(10)17/h2-7,9H,8H2,1H3,(H,21,22). The van der Waals surface area contributed by atoms with E-state index in [0.717, 1.165) is 37.3 Å². The molecule has 0 heterocycles. The molecule has 2 rings (SSSR count). The number of amides is 1. The van der Waals surface area contributed by atoms with Crippen LogP contribution in [0, 0.1) is 17.5 Å². The van der Waals surface area contributed by atoms with Gasteiger partial charge in [-0.3, -0.25) is 4.79 Å². The normalized spacial score (nSPS) is 12.7. The molecule has 0 fully saturated rings. The smallest absolute Gasteiger partial charge is 0.242 e. The molecule has 0 spiro atoms. The van der Waals surface area contributed by atoms with Crippen molar-refractivity contribution in [2.75, 3.05) is 5.32 Å². The number of benzene rings is 2. The molecule has 9 heteroatoms. The van der Waals surface area contributed by atoms with Crippen molar-refractivity contribution in [3.8, 4) is 0 Å². The minimum atomic E-state index is -4.03. The van der Waals surface area contributed by atoms with E-state index in [1.165, 1.54) is 6.07 Å². The number of anilines is 1. The van der Waals surface area contributed by atoms with E-state index in [0.29, 0.717) is 0 Å². The van der Waals surface area contributed by atoms with Crippen LogP contribution in [-0.2, 0) is 20.4 Å². The molecule has 25 heavy (non-hydrogen) atoms. The minimum absolute atomic E-state index is 0.0904. The Morgan fingerprint density at radius 1 is 1.12 bits per heavy atom. The van der Waals surface area contributed by atoms with E-state index >= 15 is 0 Å². The quantitative estimate of drug-likeness (QED) is 0.845. The SMILES string of the molecule is CC(C(=O)Nc1cc(F)ccc1F)S(=O)(=O)Cc1ccc(F)cc1Cl. The molecule has 2 aromatic rings. The maximum absolute atomic E-state index is 13.5. The van der Waals surface area contributed by atoms with Gasteiger partial charge in [0.1, 0.15) is 22.7 Å². The number of nitrogens with one attached hydrogen (secondary N) is 1. The lowest BCUT2D eigenvalue weighted by Crippen LogP contribution is -2.33. The average Bonchev–Trinajstić information content (AvgIpc) is 2.52. The molecular weight excluding hydrogens is 379 g/mol. The molecule has 0 aromatic heterocycles. The van der Waals surface area contributed by atoms with Crippen LogP contribution in [0.1, 0.15) is 12.5 Å². The van der Waals surface area contributed by atoms with Gasteiger partial charge >= 0.3 is 0 Å². The van der Waals surface area contributed by atoms with Gasteiger partial charge < -0.3 is 5.32 Å². The van der Waals surface area contributed by atoms with Crippen molar-refractivity contribution in [3.63, 3.8) is 0 Å². The lowest BCUT2D eigenvalue weighted by atomic mass is 10.2. The van der Waals surface area contributed by atoms with Crippen LogP contribution in [0.5, 0.6) is 0 Å². The van der Waals surface area contributed by atoms with Gasteiger partial charge in [0.25, 0.3) is 0 Å². The predicted octanol–water partition coefficient (Wildman–Crippen LogP) is 3.70. The largest absolute Gasteiger partial charge is 0.322 e. The lowest BCUT2D eigenvalue weighted by molar-refractivity contribution is -0.115. The summed E-state index contributed by atoms with van der Waals surface area (Å²) in [5.41, 5.74) is -0.341. The molecule has 1 atom stereocenters. The van der Waals surface area contributed by atoms with Crippen molar-refractivity contribution < 1.29 is 26.4 Å². The average molecular weight is 392 g/mol. The van der Waals surface area contributed by atoms with Crippen molar-refractivity contribution >= 4 is 33.0 Å². The second-order valence-corrected chi connectivity index (χ2v) is 8.03. The van der Waals surface area contributed by atoms with E-state index in [4.69, 9.17) is 11.6 Å². The van der Waals surface area contributed by atoms with E-state index in [9.17, 15) is 26.4 Å². The van der Waals surface area contributed by atoms with E-state index in [-0.39, 0.29) is 10.6 Å². The second-order valence-electron chi connectivity index (χ2n) is 5.30. The Bertz CT molecular complexity index is 919. The number of rotatable bonds is 5. The first-order valence-electron chi connectivity index (χ1n) is 7.01. The first-order valence-corrected chi connectivity index (χ1v) is 9.11. The molecule has 134 valence electrons. The fraction of sp³-hybridized carbons (Fsp3) is 0.188. The van der Waals surface area contributed by atoms with E-state index in [1.807, 2.05) is 5.32 Å². The maximum atomic E-state index is 13.5. The van der Waals surface area contributed by atoms with Crippen molar-refractivity contribution in [1.29, 1.82) is 0 Å². The molecule has 0 radical (unpaired) electrons. The number of carbonyl (C=O) groups is 1. The molecule has 0 saturated carbocycles.